The zero-order chi connectivity index (χ0) is 13.1. The molecule has 0 radical (unpaired) electrons. The number of nitrogens with one attached hydrogen (secondary N) is 1. The number of rotatable bonds is 4. The second-order valence-electron chi connectivity index (χ2n) is 4.00. The first-order valence-corrected chi connectivity index (χ1v) is 5.71. The minimum absolute atomic E-state index is 0.0302. The van der Waals surface area contributed by atoms with Crippen molar-refractivity contribution in [3.05, 3.63) is 34.3 Å². The van der Waals surface area contributed by atoms with Gasteiger partial charge in [0.25, 0.3) is 0 Å². The highest BCUT2D eigenvalue weighted by Crippen LogP contribution is 2.29. The third-order valence-electron chi connectivity index (χ3n) is 2.67. The molecule has 0 aliphatic rings. The molecule has 1 atom stereocenters. The lowest BCUT2D eigenvalue weighted by atomic mass is 9.97. The molecule has 1 nitrogen and oxygen atoms in total. The Labute approximate surface area is 104 Å². The summed E-state index contributed by atoms with van der Waals surface area (Å²) >= 11 is 5.81. The molecule has 0 aliphatic heterocycles. The van der Waals surface area contributed by atoms with E-state index in [1.165, 1.54) is 0 Å². The van der Waals surface area contributed by atoms with Crippen LogP contribution in [0, 0.1) is 6.92 Å². The number of hydrogen-bond donors (Lipinski definition) is 1. The fourth-order valence-corrected chi connectivity index (χ4v) is 2.02. The highest BCUT2D eigenvalue weighted by molar-refractivity contribution is 6.30. The highest BCUT2D eigenvalue weighted by Gasteiger charge is 2.28. The van der Waals surface area contributed by atoms with Gasteiger partial charge in [-0.15, -0.1) is 0 Å². The van der Waals surface area contributed by atoms with Crippen molar-refractivity contribution in [2.45, 2.75) is 32.0 Å². The molecule has 0 saturated heterocycles. The normalized spacial score (nSPS) is 13.8. The Balaban J connectivity index is 2.79. The van der Waals surface area contributed by atoms with Crippen molar-refractivity contribution in [1.29, 1.82) is 0 Å². The van der Waals surface area contributed by atoms with Gasteiger partial charge in [-0.05, 0) is 43.7 Å². The Bertz CT molecular complexity index is 377. The number of halogens is 4. The van der Waals surface area contributed by atoms with E-state index in [1.807, 2.05) is 6.92 Å². The van der Waals surface area contributed by atoms with Crippen LogP contribution in [0.2, 0.25) is 5.02 Å². The molecule has 0 aliphatic carbocycles. The molecule has 1 aromatic carbocycles. The summed E-state index contributed by atoms with van der Waals surface area (Å²) in [6.45, 7) is 1.85. The van der Waals surface area contributed by atoms with Crippen molar-refractivity contribution in [1.82, 2.24) is 5.32 Å². The van der Waals surface area contributed by atoms with Crippen LogP contribution in [0.3, 0.4) is 0 Å². The zero-order valence-corrected chi connectivity index (χ0v) is 10.5. The second kappa shape index (κ2) is 5.74. The summed E-state index contributed by atoms with van der Waals surface area (Å²) in [6.07, 6.45) is -4.88. The largest absolute Gasteiger partial charge is 0.389 e. The van der Waals surface area contributed by atoms with Gasteiger partial charge >= 0.3 is 6.18 Å². The summed E-state index contributed by atoms with van der Waals surface area (Å²) in [7, 11) is 1.66. The Morgan fingerprint density at radius 1 is 1.35 bits per heavy atom. The van der Waals surface area contributed by atoms with Crippen LogP contribution in [0.4, 0.5) is 13.2 Å². The summed E-state index contributed by atoms with van der Waals surface area (Å²) in [5, 5.41) is 3.50. The van der Waals surface area contributed by atoms with E-state index in [9.17, 15) is 13.2 Å². The summed E-state index contributed by atoms with van der Waals surface area (Å²) in [4.78, 5) is 0. The first-order valence-electron chi connectivity index (χ1n) is 5.33. The molecule has 0 saturated carbocycles. The number of benzene rings is 1. The maximum absolute atomic E-state index is 12.2. The van der Waals surface area contributed by atoms with E-state index in [0.29, 0.717) is 5.02 Å². The lowest BCUT2D eigenvalue weighted by molar-refractivity contribution is -0.136. The molecule has 17 heavy (non-hydrogen) atoms. The Kier molecular flexibility index (Phi) is 4.83. The summed E-state index contributed by atoms with van der Waals surface area (Å²) < 4.78 is 36.6. The fraction of sp³-hybridized carbons (Fsp3) is 0.500. The lowest BCUT2D eigenvalue weighted by Gasteiger charge is -2.19. The predicted molar refractivity (Wildman–Crippen MR) is 63.3 cm³/mol. The molecule has 0 aromatic heterocycles. The van der Waals surface area contributed by atoms with Crippen molar-refractivity contribution < 1.29 is 13.2 Å². The van der Waals surface area contributed by atoms with E-state index >= 15 is 0 Å². The zero-order valence-electron chi connectivity index (χ0n) is 9.74. The minimum atomic E-state index is -4.12. The molecular formula is C12H15ClF3N. The maximum atomic E-state index is 12.2. The Morgan fingerprint density at radius 2 is 2.00 bits per heavy atom. The average molecular weight is 266 g/mol. The topological polar surface area (TPSA) is 12.0 Å². The van der Waals surface area contributed by atoms with E-state index in [2.05, 4.69) is 5.32 Å². The van der Waals surface area contributed by atoms with Crippen LogP contribution in [0.25, 0.3) is 0 Å². The fourth-order valence-electron chi connectivity index (χ4n) is 1.79. The summed E-state index contributed by atoms with van der Waals surface area (Å²) in [5.41, 5.74) is 1.76. The molecule has 1 aromatic rings. The van der Waals surface area contributed by atoms with E-state index in [4.69, 9.17) is 11.6 Å². The quantitative estimate of drug-likeness (QED) is 0.858. The molecular weight excluding hydrogens is 251 g/mol. The molecule has 0 amide bonds. The molecule has 96 valence electrons. The van der Waals surface area contributed by atoms with Crippen molar-refractivity contribution in [3.8, 4) is 0 Å². The van der Waals surface area contributed by atoms with Gasteiger partial charge in [0.1, 0.15) is 0 Å². The van der Waals surface area contributed by atoms with Gasteiger partial charge in [-0.25, -0.2) is 0 Å². The molecule has 1 unspecified atom stereocenters. The second-order valence-corrected chi connectivity index (χ2v) is 4.43. The van der Waals surface area contributed by atoms with Gasteiger partial charge in [0.05, 0.1) is 0 Å². The van der Waals surface area contributed by atoms with Gasteiger partial charge in [-0.3, -0.25) is 0 Å². The van der Waals surface area contributed by atoms with Gasteiger partial charge in [0.2, 0.25) is 0 Å². The van der Waals surface area contributed by atoms with E-state index in [-0.39, 0.29) is 12.5 Å². The maximum Gasteiger partial charge on any atom is 0.389 e. The average Bonchev–Trinajstić information content (AvgIpc) is 2.19. The molecule has 0 spiro atoms. The third-order valence-corrected chi connectivity index (χ3v) is 2.91. The smallest absolute Gasteiger partial charge is 0.313 e. The molecule has 0 bridgehead atoms. The van der Waals surface area contributed by atoms with Crippen molar-refractivity contribution in [3.63, 3.8) is 0 Å². The van der Waals surface area contributed by atoms with Crippen LogP contribution >= 0.6 is 11.6 Å². The number of aryl methyl sites for hydroxylation is 1. The Morgan fingerprint density at radius 3 is 2.47 bits per heavy atom. The predicted octanol–water partition coefficient (Wildman–Crippen LogP) is 4.25. The summed E-state index contributed by atoms with van der Waals surface area (Å²) in [5.74, 6) is 0. The molecule has 0 fully saturated rings. The van der Waals surface area contributed by atoms with Gasteiger partial charge < -0.3 is 5.32 Å². The number of hydrogen-bond acceptors (Lipinski definition) is 1. The van der Waals surface area contributed by atoms with Crippen LogP contribution in [-0.4, -0.2) is 13.2 Å². The highest BCUT2D eigenvalue weighted by atomic mass is 35.5. The summed E-state index contributed by atoms with van der Waals surface area (Å²) in [6, 6.07) is 4.93. The van der Waals surface area contributed by atoms with Crippen molar-refractivity contribution in [2.24, 2.45) is 0 Å². The van der Waals surface area contributed by atoms with E-state index in [1.54, 1.807) is 25.2 Å². The first kappa shape index (κ1) is 14.3. The van der Waals surface area contributed by atoms with Crippen LogP contribution in [0.15, 0.2) is 18.2 Å². The van der Waals surface area contributed by atoms with E-state index < -0.39 is 12.6 Å². The molecule has 0 heterocycles. The Hall–Kier alpha value is -0.740. The van der Waals surface area contributed by atoms with Crippen LogP contribution < -0.4 is 5.32 Å². The first-order chi connectivity index (χ1) is 7.83. The lowest BCUT2D eigenvalue weighted by Crippen LogP contribution is -2.20. The van der Waals surface area contributed by atoms with Crippen LogP contribution in [0.5, 0.6) is 0 Å². The van der Waals surface area contributed by atoms with Crippen molar-refractivity contribution >= 4 is 11.6 Å². The molecule has 1 rings (SSSR count). The van der Waals surface area contributed by atoms with Gasteiger partial charge in [0, 0.05) is 17.5 Å². The van der Waals surface area contributed by atoms with Crippen molar-refractivity contribution in [2.75, 3.05) is 7.05 Å². The standard InChI is InChI=1S/C12H15ClF3N/c1-8-7-9(13)3-4-10(8)11(17-2)5-6-12(14,15)16/h3-4,7,11,17H,5-6H2,1-2H3. The van der Waals surface area contributed by atoms with Crippen LogP contribution in [0.1, 0.15) is 30.0 Å². The minimum Gasteiger partial charge on any atom is -0.313 e. The molecule has 5 heteroatoms. The van der Waals surface area contributed by atoms with Crippen LogP contribution in [-0.2, 0) is 0 Å². The third kappa shape index (κ3) is 4.56. The van der Waals surface area contributed by atoms with Gasteiger partial charge in [0.15, 0.2) is 0 Å². The van der Waals surface area contributed by atoms with Gasteiger partial charge in [-0.2, -0.15) is 13.2 Å². The van der Waals surface area contributed by atoms with Gasteiger partial charge in [-0.1, -0.05) is 17.7 Å². The SMILES string of the molecule is CNC(CCC(F)(F)F)c1ccc(Cl)cc1C. The van der Waals surface area contributed by atoms with E-state index in [0.717, 1.165) is 11.1 Å². The molecule has 1 N–H and O–H groups in total. The number of alkyl halides is 3. The monoisotopic (exact) mass is 265 g/mol.